The van der Waals surface area contributed by atoms with Gasteiger partial charge in [0.25, 0.3) is 7.82 Å². The number of phosphoric ester groups is 1. The number of quaternary nitrogens is 1. The molecule has 0 heterocycles. The zero-order chi connectivity index (χ0) is 56.4. The van der Waals surface area contributed by atoms with Gasteiger partial charge >= 0.3 is 0 Å². The van der Waals surface area contributed by atoms with Crippen LogP contribution in [0.2, 0.25) is 0 Å². The number of allylic oxidation sites excluding steroid dienone is 22. The van der Waals surface area contributed by atoms with Crippen molar-refractivity contribution >= 4 is 13.7 Å². The van der Waals surface area contributed by atoms with Crippen molar-refractivity contribution in [3.63, 3.8) is 0 Å². The number of carbonyl (C=O) groups excluding carboxylic acids is 1. The third-order valence-electron chi connectivity index (χ3n) is 12.9. The highest BCUT2D eigenvalue weighted by Crippen LogP contribution is 2.38. The minimum atomic E-state index is -4.69. The first kappa shape index (κ1) is 73.6. The number of nitrogens with one attached hydrogen (secondary N) is 1. The lowest BCUT2D eigenvalue weighted by Crippen LogP contribution is -2.51. The lowest BCUT2D eigenvalue weighted by molar-refractivity contribution is -0.870. The van der Waals surface area contributed by atoms with Crippen LogP contribution in [0.25, 0.3) is 0 Å². The highest BCUT2D eigenvalue weighted by Gasteiger charge is 2.29. The van der Waals surface area contributed by atoms with Crippen LogP contribution in [-0.4, -0.2) is 79.8 Å². The van der Waals surface area contributed by atoms with Gasteiger partial charge in [0, 0.05) is 6.42 Å². The molecule has 0 aliphatic rings. The normalized spacial score (nSPS) is 15.2. The number of aliphatic hydroxyl groups is 2. The zero-order valence-corrected chi connectivity index (χ0v) is 50.6. The van der Waals surface area contributed by atoms with Gasteiger partial charge in [-0.1, -0.05) is 231 Å². The van der Waals surface area contributed by atoms with E-state index in [-0.39, 0.29) is 18.9 Å². The van der Waals surface area contributed by atoms with Gasteiger partial charge in [-0.2, -0.15) is 0 Å². The second kappa shape index (κ2) is 55.9. The molecule has 0 radical (unpaired) electrons. The predicted octanol–water partition coefficient (Wildman–Crippen LogP) is 17.4. The van der Waals surface area contributed by atoms with Gasteiger partial charge < -0.3 is 34.0 Å². The summed E-state index contributed by atoms with van der Waals surface area (Å²) in [5, 5.41) is 24.7. The van der Waals surface area contributed by atoms with Gasteiger partial charge in [-0.15, -0.1) is 0 Å². The highest BCUT2D eigenvalue weighted by molar-refractivity contribution is 7.45. The number of hydrogen-bond acceptors (Lipinski definition) is 7. The number of nitrogens with zero attached hydrogens (tertiary/aromatic N) is 1. The van der Waals surface area contributed by atoms with Crippen LogP contribution in [0.15, 0.2) is 134 Å². The quantitative estimate of drug-likeness (QED) is 0.0239. The summed E-state index contributed by atoms with van der Waals surface area (Å²) >= 11 is 0. The predicted molar refractivity (Wildman–Crippen MR) is 331 cm³/mol. The Hall–Kier alpha value is -3.40. The van der Waals surface area contributed by atoms with E-state index in [1.807, 2.05) is 21.1 Å². The van der Waals surface area contributed by atoms with Crippen LogP contribution in [-0.2, 0) is 18.4 Å². The fourth-order valence-electron chi connectivity index (χ4n) is 8.14. The summed E-state index contributed by atoms with van der Waals surface area (Å²) in [6.45, 7) is 4.25. The van der Waals surface area contributed by atoms with Crippen molar-refractivity contribution in [1.82, 2.24) is 5.32 Å². The van der Waals surface area contributed by atoms with Crippen molar-refractivity contribution in [3.05, 3.63) is 134 Å². The molecule has 0 aliphatic heterocycles. The Balaban J connectivity index is 4.10. The molecule has 9 nitrogen and oxygen atoms in total. The first-order valence-corrected chi connectivity index (χ1v) is 32.1. The number of unbranched alkanes of at least 4 members (excludes halogenated alkanes) is 18. The van der Waals surface area contributed by atoms with Crippen LogP contribution in [0.1, 0.15) is 226 Å². The smallest absolute Gasteiger partial charge is 0.268 e. The molecule has 77 heavy (non-hydrogen) atoms. The van der Waals surface area contributed by atoms with Crippen LogP contribution in [0.4, 0.5) is 0 Å². The molecular weight excluding hydrogens is 976 g/mol. The first-order valence-electron chi connectivity index (χ1n) is 30.6. The molecular formula is C67H115N2O7P. The summed E-state index contributed by atoms with van der Waals surface area (Å²) in [5.74, 6) is -0.299. The molecule has 3 N–H and O–H groups in total. The molecule has 0 rings (SSSR count). The van der Waals surface area contributed by atoms with Crippen molar-refractivity contribution in [3.8, 4) is 0 Å². The Bertz CT molecular complexity index is 1730. The number of aliphatic hydroxyl groups excluding tert-OH is 2. The fraction of sp³-hybridized carbons (Fsp3) is 0.657. The summed E-state index contributed by atoms with van der Waals surface area (Å²) < 4.78 is 23.2. The maximum absolute atomic E-state index is 13.0. The van der Waals surface area contributed by atoms with Crippen molar-refractivity contribution in [2.75, 3.05) is 40.9 Å². The van der Waals surface area contributed by atoms with Crippen molar-refractivity contribution < 1.29 is 38.0 Å². The molecule has 0 bridgehead atoms. The molecule has 0 saturated heterocycles. The third-order valence-corrected chi connectivity index (χ3v) is 13.9. The molecule has 0 aromatic rings. The van der Waals surface area contributed by atoms with E-state index >= 15 is 0 Å². The number of phosphoric acid groups is 1. The molecule has 440 valence electrons. The maximum Gasteiger partial charge on any atom is 0.268 e. The van der Waals surface area contributed by atoms with E-state index in [1.54, 1.807) is 0 Å². The largest absolute Gasteiger partial charge is 0.756 e. The number of hydrogen-bond donors (Lipinski definition) is 3. The van der Waals surface area contributed by atoms with Crippen LogP contribution in [0.5, 0.6) is 0 Å². The van der Waals surface area contributed by atoms with Crippen molar-refractivity contribution in [2.24, 2.45) is 0 Å². The van der Waals surface area contributed by atoms with E-state index in [0.29, 0.717) is 30.3 Å². The van der Waals surface area contributed by atoms with Gasteiger partial charge in [-0.3, -0.25) is 9.36 Å². The van der Waals surface area contributed by atoms with E-state index in [1.165, 1.54) is 83.5 Å². The first-order chi connectivity index (χ1) is 37.4. The summed E-state index contributed by atoms with van der Waals surface area (Å²) in [5.41, 5.74) is 0. The number of rotatable bonds is 54. The second-order valence-corrected chi connectivity index (χ2v) is 22.9. The van der Waals surface area contributed by atoms with Gasteiger partial charge in [-0.05, 0) is 122 Å². The van der Waals surface area contributed by atoms with Gasteiger partial charge in [0.05, 0.1) is 39.9 Å². The minimum absolute atomic E-state index is 0.0544. The Labute approximate surface area is 473 Å². The molecule has 4 atom stereocenters. The monoisotopic (exact) mass is 1090 g/mol. The topological polar surface area (TPSA) is 128 Å². The van der Waals surface area contributed by atoms with Gasteiger partial charge in [0.1, 0.15) is 19.3 Å². The molecule has 0 aromatic heterocycles. The van der Waals surface area contributed by atoms with E-state index in [2.05, 4.69) is 153 Å². The number of likely N-dealkylation sites (N-methyl/N-ethyl adjacent to an activating group) is 1. The van der Waals surface area contributed by atoms with E-state index < -0.39 is 32.7 Å². The van der Waals surface area contributed by atoms with E-state index in [4.69, 9.17) is 9.05 Å². The average Bonchev–Trinajstić information content (AvgIpc) is 3.39. The second-order valence-electron chi connectivity index (χ2n) is 21.4. The van der Waals surface area contributed by atoms with Crippen LogP contribution in [0.3, 0.4) is 0 Å². The number of amides is 1. The summed E-state index contributed by atoms with van der Waals surface area (Å²) in [4.78, 5) is 25.5. The van der Waals surface area contributed by atoms with Crippen molar-refractivity contribution in [2.45, 2.75) is 244 Å². The van der Waals surface area contributed by atoms with Crippen LogP contribution < -0.4 is 10.2 Å². The van der Waals surface area contributed by atoms with E-state index in [9.17, 15) is 24.5 Å². The lowest BCUT2D eigenvalue weighted by Gasteiger charge is -2.31. The highest BCUT2D eigenvalue weighted by atomic mass is 31.2. The summed E-state index contributed by atoms with van der Waals surface area (Å²) in [7, 11) is 1.08. The molecule has 0 spiro atoms. The summed E-state index contributed by atoms with van der Waals surface area (Å²) in [6.07, 6.45) is 81.1. The third kappa shape index (κ3) is 57.1. The SMILES string of the molecule is CC/C=C\C/C=C\C/C=C\C/C=C\C/C=C\C/C=C\C/C=C\C/C=C\C/C=C\CCCCCCCCCCCCCCCC(=O)NC(COP(=O)([O-])OCC[N+](C)(C)C)C(O)C(O)CCC/C=C/CC/C=C/CCCCC. The Kier molecular flexibility index (Phi) is 53.4. The van der Waals surface area contributed by atoms with Crippen LogP contribution in [0, 0.1) is 0 Å². The zero-order valence-electron chi connectivity index (χ0n) is 49.7. The minimum Gasteiger partial charge on any atom is -0.756 e. The maximum atomic E-state index is 13.0. The van der Waals surface area contributed by atoms with Gasteiger partial charge in [0.2, 0.25) is 5.91 Å². The molecule has 0 saturated carbocycles. The van der Waals surface area contributed by atoms with Gasteiger partial charge in [-0.25, -0.2) is 0 Å². The fourth-order valence-corrected chi connectivity index (χ4v) is 8.87. The Morgan fingerprint density at radius 1 is 0.481 bits per heavy atom. The number of carbonyl (C=O) groups is 1. The van der Waals surface area contributed by atoms with Crippen molar-refractivity contribution in [1.29, 1.82) is 0 Å². The summed E-state index contributed by atoms with van der Waals surface area (Å²) in [6, 6.07) is -1.10. The Morgan fingerprint density at radius 2 is 0.831 bits per heavy atom. The average molecular weight is 1090 g/mol. The van der Waals surface area contributed by atoms with E-state index in [0.717, 1.165) is 103 Å². The molecule has 0 fully saturated rings. The molecule has 1 amide bonds. The molecule has 10 heteroatoms. The van der Waals surface area contributed by atoms with Gasteiger partial charge in [0.15, 0.2) is 0 Å². The lowest BCUT2D eigenvalue weighted by atomic mass is 10.0. The molecule has 0 aliphatic carbocycles. The Morgan fingerprint density at radius 3 is 1.25 bits per heavy atom. The molecule has 4 unspecified atom stereocenters. The standard InChI is InChI=1S/C67H115N2O7P/c1-6-8-10-12-14-16-18-20-21-22-23-24-25-26-27-28-29-30-31-32-33-34-35-36-37-38-39-40-41-42-43-44-45-46-47-48-50-52-54-56-58-60-66(71)68-64(63-76-77(73,74)75-62-61-69(3,4)5)67(72)65(70)59-57-55-53-51-49-19-17-15-13-11-9-7-2/h8,10,14-17,20-21,23-24,26-27,29-30,32-33,35-36,38-39,51,53,64-65,67,70,72H,6-7,9,11-13,18-19,22,25,28,31,34,37,40-50,52,54-63H2,1-5H3,(H-,68,71,73,74)/b10-8-,16-14-,17-15+,21-20-,24-23-,27-26-,30-29-,33-32-,36-35-,39-38-,53-51+. The molecule has 0 aromatic carbocycles. The van der Waals surface area contributed by atoms with Crippen LogP contribution >= 0.6 is 7.82 Å².